The lowest BCUT2D eigenvalue weighted by molar-refractivity contribution is -0.323. The first kappa shape index (κ1) is 23.0. The lowest BCUT2D eigenvalue weighted by atomic mass is 9.98. The molecule has 2 fully saturated rings. The summed E-state index contributed by atoms with van der Waals surface area (Å²) in [6.45, 7) is -1.42. The highest BCUT2D eigenvalue weighted by atomic mass is 31.2. The average molecular weight is 422 g/mol. The summed E-state index contributed by atoms with van der Waals surface area (Å²) in [5, 5.41) is 67.3. The van der Waals surface area contributed by atoms with Crippen molar-refractivity contribution < 1.29 is 68.8 Å². The second-order valence-electron chi connectivity index (χ2n) is 6.14. The molecular weight excluding hydrogens is 399 g/mol. The van der Waals surface area contributed by atoms with Crippen molar-refractivity contribution >= 4 is 7.82 Å². The molecule has 10 atom stereocenters. The summed E-state index contributed by atoms with van der Waals surface area (Å²) in [4.78, 5) is 17.9. The van der Waals surface area contributed by atoms with E-state index < -0.39 is 82.4 Å². The number of rotatable bonds is 6. The molecule has 0 bridgehead atoms. The van der Waals surface area contributed by atoms with E-state index in [1.807, 2.05) is 0 Å². The molecule has 2 aliphatic heterocycles. The Balaban J connectivity index is 2.09. The molecule has 0 amide bonds. The predicted molar refractivity (Wildman–Crippen MR) is 79.5 cm³/mol. The maximum Gasteiger partial charge on any atom is 0.470 e. The molecule has 0 saturated carbocycles. The smallest absolute Gasteiger partial charge is 0.394 e. The highest BCUT2D eigenvalue weighted by Crippen LogP contribution is 2.41. The monoisotopic (exact) mass is 422 g/mol. The van der Waals surface area contributed by atoms with Crippen molar-refractivity contribution in [3.05, 3.63) is 0 Å². The van der Waals surface area contributed by atoms with Crippen molar-refractivity contribution in [3.63, 3.8) is 0 Å². The first-order valence-corrected chi connectivity index (χ1v) is 9.35. The predicted octanol–water partition coefficient (Wildman–Crippen LogP) is -5.28. The van der Waals surface area contributed by atoms with Gasteiger partial charge in [0.05, 0.1) is 13.2 Å². The number of ether oxygens (including phenoxy) is 3. The maximum absolute atomic E-state index is 11.1. The average Bonchev–Trinajstić information content (AvgIpc) is 2.59. The van der Waals surface area contributed by atoms with Gasteiger partial charge in [-0.25, -0.2) is 4.57 Å². The van der Waals surface area contributed by atoms with Crippen molar-refractivity contribution in [2.45, 2.75) is 61.4 Å². The van der Waals surface area contributed by atoms with Gasteiger partial charge >= 0.3 is 7.82 Å². The Hall–Kier alpha value is -0.290. The Morgan fingerprint density at radius 1 is 0.815 bits per heavy atom. The maximum atomic E-state index is 11.1. The molecular formula is C12H23O14P. The molecule has 160 valence electrons. The summed E-state index contributed by atoms with van der Waals surface area (Å²) in [6, 6.07) is 0. The van der Waals surface area contributed by atoms with Gasteiger partial charge in [-0.1, -0.05) is 0 Å². The van der Waals surface area contributed by atoms with Crippen molar-refractivity contribution in [2.24, 2.45) is 0 Å². The fourth-order valence-electron chi connectivity index (χ4n) is 2.72. The highest BCUT2D eigenvalue weighted by Gasteiger charge is 2.49. The van der Waals surface area contributed by atoms with E-state index in [9.17, 15) is 35.2 Å². The zero-order valence-electron chi connectivity index (χ0n) is 13.7. The van der Waals surface area contributed by atoms with Gasteiger partial charge < -0.3 is 59.7 Å². The number of hydrogen-bond acceptors (Lipinski definition) is 12. The fourth-order valence-corrected chi connectivity index (χ4v) is 3.26. The molecule has 2 aliphatic rings. The second kappa shape index (κ2) is 9.02. The summed E-state index contributed by atoms with van der Waals surface area (Å²) in [5.41, 5.74) is 0. The zero-order chi connectivity index (χ0) is 20.5. The van der Waals surface area contributed by atoms with Crippen LogP contribution in [0.15, 0.2) is 0 Å². The third-order valence-corrected chi connectivity index (χ3v) is 4.71. The van der Waals surface area contributed by atoms with Gasteiger partial charge in [0.15, 0.2) is 12.6 Å². The highest BCUT2D eigenvalue weighted by molar-refractivity contribution is 7.46. The van der Waals surface area contributed by atoms with Crippen molar-refractivity contribution in [1.29, 1.82) is 0 Å². The van der Waals surface area contributed by atoms with Crippen LogP contribution in [0.5, 0.6) is 0 Å². The van der Waals surface area contributed by atoms with E-state index in [4.69, 9.17) is 29.1 Å². The van der Waals surface area contributed by atoms with Crippen LogP contribution in [0.3, 0.4) is 0 Å². The Morgan fingerprint density at radius 3 is 1.96 bits per heavy atom. The van der Waals surface area contributed by atoms with Crippen LogP contribution in [-0.4, -0.2) is 120 Å². The summed E-state index contributed by atoms with van der Waals surface area (Å²) >= 11 is 0. The molecule has 9 N–H and O–H groups in total. The summed E-state index contributed by atoms with van der Waals surface area (Å²) in [7, 11) is -5.15. The second-order valence-corrected chi connectivity index (χ2v) is 7.33. The first-order chi connectivity index (χ1) is 12.5. The van der Waals surface area contributed by atoms with Gasteiger partial charge in [-0.05, 0) is 0 Å². The van der Waals surface area contributed by atoms with Gasteiger partial charge in [-0.2, -0.15) is 0 Å². The molecule has 2 rings (SSSR count). The molecule has 0 spiro atoms. The molecule has 0 aromatic heterocycles. The van der Waals surface area contributed by atoms with Crippen molar-refractivity contribution in [1.82, 2.24) is 0 Å². The molecule has 2 saturated heterocycles. The van der Waals surface area contributed by atoms with Gasteiger partial charge in [0.2, 0.25) is 0 Å². The largest absolute Gasteiger partial charge is 0.470 e. The lowest BCUT2D eigenvalue weighted by Gasteiger charge is -2.43. The SMILES string of the molecule is O=P(O)(O)O[C@H]1[C@@H](OC[C@H]2O[C@@H](O)[C@H](O)[C@@H](O)[C@@H]2O)O[C@H](CO)[C@H](O)[C@@H]1O. The normalized spacial score (nSPS) is 46.4. The number of hydrogen-bond donors (Lipinski definition) is 9. The summed E-state index contributed by atoms with van der Waals surface area (Å²) in [6.07, 6.45) is -17.1. The van der Waals surface area contributed by atoms with Crippen LogP contribution in [0, 0.1) is 0 Å². The van der Waals surface area contributed by atoms with E-state index in [1.54, 1.807) is 0 Å². The van der Waals surface area contributed by atoms with Gasteiger partial charge in [0.25, 0.3) is 0 Å². The van der Waals surface area contributed by atoms with Crippen molar-refractivity contribution in [3.8, 4) is 0 Å². The first-order valence-electron chi connectivity index (χ1n) is 7.82. The van der Waals surface area contributed by atoms with E-state index in [1.165, 1.54) is 0 Å². The quantitative estimate of drug-likeness (QED) is 0.182. The number of aliphatic hydroxyl groups excluding tert-OH is 7. The van der Waals surface area contributed by atoms with Crippen LogP contribution < -0.4 is 0 Å². The van der Waals surface area contributed by atoms with E-state index in [-0.39, 0.29) is 0 Å². The number of phosphoric acid groups is 1. The minimum absolute atomic E-state index is 0.644. The molecule has 2 heterocycles. The van der Waals surface area contributed by atoms with Gasteiger partial charge in [0, 0.05) is 0 Å². The van der Waals surface area contributed by atoms with Gasteiger partial charge in [-0.3, -0.25) is 4.52 Å². The number of phosphoric ester groups is 1. The van der Waals surface area contributed by atoms with E-state index >= 15 is 0 Å². The molecule has 0 aromatic rings. The lowest BCUT2D eigenvalue weighted by Crippen LogP contribution is -2.61. The summed E-state index contributed by atoms with van der Waals surface area (Å²) in [5.74, 6) is 0. The minimum atomic E-state index is -5.15. The zero-order valence-corrected chi connectivity index (χ0v) is 14.6. The Kier molecular flexibility index (Phi) is 7.68. The third kappa shape index (κ3) is 5.41. The number of aliphatic hydroxyl groups is 7. The van der Waals surface area contributed by atoms with Crippen LogP contribution in [0.2, 0.25) is 0 Å². The Bertz CT molecular complexity index is 528. The van der Waals surface area contributed by atoms with E-state index in [2.05, 4.69) is 4.52 Å². The molecule has 14 nitrogen and oxygen atoms in total. The van der Waals surface area contributed by atoms with Crippen molar-refractivity contribution in [2.75, 3.05) is 13.2 Å². The van der Waals surface area contributed by atoms with Crippen LogP contribution in [0.25, 0.3) is 0 Å². The van der Waals surface area contributed by atoms with Crippen LogP contribution in [0.1, 0.15) is 0 Å². The Morgan fingerprint density at radius 2 is 1.41 bits per heavy atom. The van der Waals surface area contributed by atoms with E-state index in [0.717, 1.165) is 0 Å². The molecule has 0 radical (unpaired) electrons. The minimum Gasteiger partial charge on any atom is -0.394 e. The topological polar surface area (TPSA) is 236 Å². The standard InChI is InChI=1S/C12H23O14P/c13-1-3-5(14)8(17)10(26-27(20,21)22)12(25-3)23-2-4-6(15)7(16)9(18)11(19)24-4/h3-19H,1-2H2,(H2,20,21,22)/t3-,4-,5+,6-,7+,8+,9-,10-,11-,12+/m1/s1. The molecule has 0 aromatic carbocycles. The molecule has 0 unspecified atom stereocenters. The molecule has 0 aliphatic carbocycles. The fraction of sp³-hybridized carbons (Fsp3) is 1.00. The Labute approximate surface area is 152 Å². The molecule has 27 heavy (non-hydrogen) atoms. The van der Waals surface area contributed by atoms with Crippen LogP contribution in [-0.2, 0) is 23.3 Å². The van der Waals surface area contributed by atoms with Gasteiger partial charge in [-0.15, -0.1) is 0 Å². The van der Waals surface area contributed by atoms with Crippen LogP contribution in [0.4, 0.5) is 0 Å². The van der Waals surface area contributed by atoms with Crippen LogP contribution >= 0.6 is 7.82 Å². The van der Waals surface area contributed by atoms with Gasteiger partial charge in [0.1, 0.15) is 48.8 Å². The summed E-state index contributed by atoms with van der Waals surface area (Å²) < 4.78 is 30.6. The van der Waals surface area contributed by atoms with E-state index in [0.29, 0.717) is 0 Å². The molecule has 15 heteroatoms. The third-order valence-electron chi connectivity index (χ3n) is 4.20.